The van der Waals surface area contributed by atoms with Crippen LogP contribution < -0.4 is 10.5 Å². The highest BCUT2D eigenvalue weighted by atomic mass is 35.5. The number of rotatable bonds is 5. The second-order valence-electron chi connectivity index (χ2n) is 4.07. The van der Waals surface area contributed by atoms with E-state index < -0.39 is 0 Å². The van der Waals surface area contributed by atoms with Crippen LogP contribution in [-0.4, -0.2) is 23.8 Å². The molecule has 96 valence electrons. The fourth-order valence-corrected chi connectivity index (χ4v) is 1.63. The minimum absolute atomic E-state index is 0.296. The molecule has 0 aromatic carbocycles. The summed E-state index contributed by atoms with van der Waals surface area (Å²) >= 11 is 5.90. The molecular weight excluding hydrogens is 250 g/mol. The topological polar surface area (TPSA) is 60.5 Å². The number of hydrogen-bond acceptors (Lipinski definition) is 4. The van der Waals surface area contributed by atoms with Crippen LogP contribution in [0.4, 0.5) is 0 Å². The van der Waals surface area contributed by atoms with Crippen molar-refractivity contribution in [3.05, 3.63) is 29.2 Å². The number of nitrogens with two attached hydrogens (primary N) is 1. The van der Waals surface area contributed by atoms with Gasteiger partial charge in [0.2, 0.25) is 0 Å². The van der Waals surface area contributed by atoms with Gasteiger partial charge in [0.15, 0.2) is 0 Å². The Bertz CT molecular complexity index is 481. The van der Waals surface area contributed by atoms with Crippen LogP contribution in [0.25, 0.3) is 5.57 Å². The van der Waals surface area contributed by atoms with E-state index in [-0.39, 0.29) is 0 Å². The highest BCUT2D eigenvalue weighted by molar-refractivity contribution is 6.29. The number of hydrogen-bond donors (Lipinski definition) is 1. The van der Waals surface area contributed by atoms with Crippen molar-refractivity contribution in [3.8, 4) is 5.75 Å². The average Bonchev–Trinajstić information content (AvgIpc) is 3.16. The molecule has 18 heavy (non-hydrogen) atoms. The molecule has 4 nitrogen and oxygen atoms in total. The second-order valence-corrected chi connectivity index (χ2v) is 4.46. The first-order chi connectivity index (χ1) is 8.74. The molecule has 0 atom stereocenters. The number of nitrogens with zero attached hydrogens (tertiary/aromatic N) is 2. The largest absolute Gasteiger partial charge is 0.490 e. The summed E-state index contributed by atoms with van der Waals surface area (Å²) in [7, 11) is 0. The number of halogens is 1. The van der Waals surface area contributed by atoms with Crippen LogP contribution >= 0.6 is 11.6 Å². The molecule has 1 aliphatic carbocycles. The Morgan fingerprint density at radius 1 is 1.67 bits per heavy atom. The quantitative estimate of drug-likeness (QED) is 0.658. The first-order valence-electron chi connectivity index (χ1n) is 5.99. The molecule has 0 radical (unpaired) electrons. The summed E-state index contributed by atoms with van der Waals surface area (Å²) in [6.07, 6.45) is 7.37. The van der Waals surface area contributed by atoms with Crippen molar-refractivity contribution >= 4 is 23.4 Å². The molecule has 2 N–H and O–H groups in total. The van der Waals surface area contributed by atoms with E-state index in [4.69, 9.17) is 22.1 Å². The molecule has 0 amide bonds. The third kappa shape index (κ3) is 3.23. The van der Waals surface area contributed by atoms with Gasteiger partial charge in [0, 0.05) is 42.4 Å². The molecule has 5 heteroatoms. The number of pyridine rings is 1. The van der Waals surface area contributed by atoms with Crippen LogP contribution in [0.5, 0.6) is 5.75 Å². The van der Waals surface area contributed by atoms with Crippen molar-refractivity contribution in [1.82, 2.24) is 4.98 Å². The molecule has 1 saturated carbocycles. The Morgan fingerprint density at radius 3 is 3.06 bits per heavy atom. The summed E-state index contributed by atoms with van der Waals surface area (Å²) in [5, 5.41) is 0.415. The average molecular weight is 266 g/mol. The van der Waals surface area contributed by atoms with E-state index in [0.29, 0.717) is 17.8 Å². The van der Waals surface area contributed by atoms with Gasteiger partial charge in [0.25, 0.3) is 0 Å². The Kier molecular flexibility index (Phi) is 4.20. The van der Waals surface area contributed by atoms with Crippen LogP contribution in [0.2, 0.25) is 5.15 Å². The number of allylic oxidation sites excluding steroid dienone is 1. The molecule has 1 aromatic rings. The van der Waals surface area contributed by atoms with Gasteiger partial charge in [0.05, 0.1) is 6.10 Å². The van der Waals surface area contributed by atoms with Crippen LogP contribution in [0.15, 0.2) is 23.5 Å². The molecule has 0 saturated heterocycles. The summed E-state index contributed by atoms with van der Waals surface area (Å²) in [5.74, 6) is 0.719. The highest BCUT2D eigenvalue weighted by Crippen LogP contribution is 2.32. The van der Waals surface area contributed by atoms with Gasteiger partial charge in [-0.2, -0.15) is 0 Å². The molecular formula is C13H16ClN3O. The Balaban J connectivity index is 2.31. The zero-order valence-electron chi connectivity index (χ0n) is 10.3. The zero-order valence-corrected chi connectivity index (χ0v) is 11.0. The van der Waals surface area contributed by atoms with E-state index in [9.17, 15) is 0 Å². The maximum absolute atomic E-state index is 5.90. The van der Waals surface area contributed by atoms with Gasteiger partial charge in [-0.3, -0.25) is 4.99 Å². The molecule has 1 aromatic heterocycles. The van der Waals surface area contributed by atoms with E-state index in [1.54, 1.807) is 18.5 Å². The lowest BCUT2D eigenvalue weighted by Gasteiger charge is -2.11. The van der Waals surface area contributed by atoms with Gasteiger partial charge in [-0.15, -0.1) is 0 Å². The summed E-state index contributed by atoms with van der Waals surface area (Å²) in [5.41, 5.74) is 7.24. The highest BCUT2D eigenvalue weighted by Gasteiger charge is 2.25. The Morgan fingerprint density at radius 2 is 2.44 bits per heavy atom. The standard InChI is InChI=1S/C13H16ClN3O/c1-2-16-7-9(6-15)11-8-17-13(14)5-12(11)18-10-3-4-10/h5-8,10H,2-4,15H2,1H3/b9-6+,16-7?. The third-order valence-corrected chi connectivity index (χ3v) is 2.76. The first kappa shape index (κ1) is 12.9. The van der Waals surface area contributed by atoms with Crippen molar-refractivity contribution in [2.45, 2.75) is 25.9 Å². The second kappa shape index (κ2) is 5.87. The van der Waals surface area contributed by atoms with Crippen LogP contribution in [0.3, 0.4) is 0 Å². The third-order valence-electron chi connectivity index (χ3n) is 2.55. The summed E-state index contributed by atoms with van der Waals surface area (Å²) in [6.45, 7) is 2.67. The van der Waals surface area contributed by atoms with Crippen LogP contribution in [0, 0.1) is 0 Å². The molecule has 0 bridgehead atoms. The maximum atomic E-state index is 5.90. The van der Waals surface area contributed by atoms with Gasteiger partial charge in [-0.05, 0) is 19.8 Å². The van der Waals surface area contributed by atoms with Gasteiger partial charge in [-0.1, -0.05) is 11.6 Å². The van der Waals surface area contributed by atoms with Gasteiger partial charge >= 0.3 is 0 Å². The lowest BCUT2D eigenvalue weighted by molar-refractivity contribution is 0.302. The van der Waals surface area contributed by atoms with E-state index in [2.05, 4.69) is 9.98 Å². The fourth-order valence-electron chi connectivity index (χ4n) is 1.48. The summed E-state index contributed by atoms with van der Waals surface area (Å²) < 4.78 is 5.82. The summed E-state index contributed by atoms with van der Waals surface area (Å²) in [4.78, 5) is 8.26. The van der Waals surface area contributed by atoms with Gasteiger partial charge in [-0.25, -0.2) is 4.98 Å². The Labute approximate surface area is 112 Å². The number of aromatic nitrogens is 1. The van der Waals surface area contributed by atoms with Crippen LogP contribution in [-0.2, 0) is 0 Å². The zero-order chi connectivity index (χ0) is 13.0. The number of ether oxygens (including phenoxy) is 1. The molecule has 0 spiro atoms. The molecule has 2 rings (SSSR count). The first-order valence-corrected chi connectivity index (χ1v) is 6.36. The molecule has 0 aliphatic heterocycles. The lowest BCUT2D eigenvalue weighted by atomic mass is 10.1. The lowest BCUT2D eigenvalue weighted by Crippen LogP contribution is -2.02. The minimum atomic E-state index is 0.296. The predicted molar refractivity (Wildman–Crippen MR) is 74.1 cm³/mol. The SMILES string of the molecule is CCN=C/C(=C\N)c1cnc(Cl)cc1OC1CC1. The van der Waals surface area contributed by atoms with Crippen molar-refractivity contribution in [1.29, 1.82) is 0 Å². The van der Waals surface area contributed by atoms with E-state index >= 15 is 0 Å². The fraction of sp³-hybridized carbons (Fsp3) is 0.385. The van der Waals surface area contributed by atoms with Crippen molar-refractivity contribution in [3.63, 3.8) is 0 Å². The monoisotopic (exact) mass is 265 g/mol. The van der Waals surface area contributed by atoms with Gasteiger partial charge in [0.1, 0.15) is 10.9 Å². The maximum Gasteiger partial charge on any atom is 0.132 e. The van der Waals surface area contributed by atoms with E-state index in [0.717, 1.165) is 29.7 Å². The number of aliphatic imine (C=N–C) groups is 1. The molecule has 1 aliphatic rings. The van der Waals surface area contributed by atoms with Gasteiger partial charge < -0.3 is 10.5 Å². The summed E-state index contributed by atoms with van der Waals surface area (Å²) in [6, 6.07) is 1.72. The van der Waals surface area contributed by atoms with Crippen molar-refractivity contribution < 1.29 is 4.74 Å². The van der Waals surface area contributed by atoms with Crippen molar-refractivity contribution in [2.75, 3.05) is 6.54 Å². The van der Waals surface area contributed by atoms with E-state index in [1.165, 1.54) is 6.20 Å². The minimum Gasteiger partial charge on any atom is -0.490 e. The predicted octanol–water partition coefficient (Wildman–Crippen LogP) is 2.67. The molecule has 1 heterocycles. The molecule has 0 unspecified atom stereocenters. The smallest absolute Gasteiger partial charge is 0.132 e. The van der Waals surface area contributed by atoms with Crippen LogP contribution in [0.1, 0.15) is 25.3 Å². The van der Waals surface area contributed by atoms with Crippen molar-refractivity contribution in [2.24, 2.45) is 10.7 Å². The van der Waals surface area contributed by atoms with E-state index in [1.807, 2.05) is 6.92 Å². The normalized spacial score (nSPS) is 16.2. The Hall–Kier alpha value is -1.55. The molecule has 1 fully saturated rings.